The molecule has 0 aliphatic carbocycles. The van der Waals surface area contributed by atoms with Crippen LogP contribution in [0.2, 0.25) is 0 Å². The van der Waals surface area contributed by atoms with Gasteiger partial charge in [-0.3, -0.25) is 4.79 Å². The van der Waals surface area contributed by atoms with E-state index in [-0.39, 0.29) is 18.3 Å². The van der Waals surface area contributed by atoms with Gasteiger partial charge in [-0.05, 0) is 56.5 Å². The van der Waals surface area contributed by atoms with Crippen LogP contribution in [-0.2, 0) is 6.54 Å². The molecule has 0 aromatic heterocycles. The molecule has 1 aromatic carbocycles. The van der Waals surface area contributed by atoms with Crippen molar-refractivity contribution in [3.63, 3.8) is 0 Å². The van der Waals surface area contributed by atoms with Crippen LogP contribution in [0.1, 0.15) is 48.5 Å². The fourth-order valence-electron chi connectivity index (χ4n) is 3.24. The van der Waals surface area contributed by atoms with E-state index in [2.05, 4.69) is 18.9 Å². The Bertz CT molecular complexity index is 484. The van der Waals surface area contributed by atoms with Crippen molar-refractivity contribution in [2.24, 2.45) is 11.7 Å². The molecule has 1 aliphatic rings. The highest BCUT2D eigenvalue weighted by atomic mass is 35.5. The molecule has 1 amide bonds. The van der Waals surface area contributed by atoms with Gasteiger partial charge in [-0.1, -0.05) is 25.5 Å². The molecule has 5 heteroatoms. The molecule has 0 bridgehead atoms. The summed E-state index contributed by atoms with van der Waals surface area (Å²) in [7, 11) is 2.21. The highest BCUT2D eigenvalue weighted by Crippen LogP contribution is 2.20. The summed E-state index contributed by atoms with van der Waals surface area (Å²) < 4.78 is 0. The van der Waals surface area contributed by atoms with Gasteiger partial charge in [0.05, 0.1) is 0 Å². The molecule has 1 fully saturated rings. The number of carbonyl (C=O) groups excluding carboxylic acids is 1. The first-order valence-electron chi connectivity index (χ1n) is 8.90. The number of benzene rings is 1. The molecule has 0 radical (unpaired) electrons. The number of hydrogen-bond acceptors (Lipinski definition) is 3. The normalized spacial score (nSPS) is 15.4. The number of rotatable bonds is 7. The third-order valence-electron chi connectivity index (χ3n) is 4.80. The number of piperidine rings is 1. The molecule has 1 aromatic rings. The molecular weight excluding hydrogens is 322 g/mol. The fourth-order valence-corrected chi connectivity index (χ4v) is 3.24. The SMILES string of the molecule is CCCCN(C)CC1CCN(C(=O)c2ccc(CN)cc2)CC1.Cl. The summed E-state index contributed by atoms with van der Waals surface area (Å²) >= 11 is 0. The summed E-state index contributed by atoms with van der Waals surface area (Å²) in [4.78, 5) is 17.0. The minimum atomic E-state index is 0. The molecule has 24 heavy (non-hydrogen) atoms. The maximum absolute atomic E-state index is 12.6. The van der Waals surface area contributed by atoms with Crippen molar-refractivity contribution in [2.45, 2.75) is 39.2 Å². The molecule has 4 nitrogen and oxygen atoms in total. The third kappa shape index (κ3) is 6.08. The monoisotopic (exact) mass is 353 g/mol. The van der Waals surface area contributed by atoms with Crippen LogP contribution in [-0.4, -0.2) is 48.9 Å². The van der Waals surface area contributed by atoms with Crippen LogP contribution < -0.4 is 5.73 Å². The minimum Gasteiger partial charge on any atom is -0.339 e. The molecule has 0 saturated carbocycles. The number of hydrogen-bond donors (Lipinski definition) is 1. The van der Waals surface area contributed by atoms with Gasteiger partial charge in [0.1, 0.15) is 0 Å². The Balaban J connectivity index is 0.00000288. The summed E-state index contributed by atoms with van der Waals surface area (Å²) in [5.74, 6) is 0.881. The lowest BCUT2D eigenvalue weighted by molar-refractivity contribution is 0.0673. The lowest BCUT2D eigenvalue weighted by Crippen LogP contribution is -2.41. The maximum Gasteiger partial charge on any atom is 0.253 e. The lowest BCUT2D eigenvalue weighted by Gasteiger charge is -2.34. The molecular formula is C19H32ClN3O. The van der Waals surface area contributed by atoms with Crippen LogP contribution in [0.5, 0.6) is 0 Å². The Hall–Kier alpha value is -1.10. The van der Waals surface area contributed by atoms with Crippen molar-refractivity contribution in [3.05, 3.63) is 35.4 Å². The molecule has 1 saturated heterocycles. The van der Waals surface area contributed by atoms with Gasteiger partial charge in [-0.15, -0.1) is 12.4 Å². The second-order valence-corrected chi connectivity index (χ2v) is 6.75. The van der Waals surface area contributed by atoms with Gasteiger partial charge in [0.25, 0.3) is 5.91 Å². The zero-order chi connectivity index (χ0) is 16.7. The average Bonchev–Trinajstić information content (AvgIpc) is 2.60. The van der Waals surface area contributed by atoms with Gasteiger partial charge in [0.15, 0.2) is 0 Å². The van der Waals surface area contributed by atoms with E-state index in [1.807, 2.05) is 29.2 Å². The Labute approximate surface area is 152 Å². The van der Waals surface area contributed by atoms with Crippen molar-refractivity contribution in [3.8, 4) is 0 Å². The van der Waals surface area contributed by atoms with Gasteiger partial charge < -0.3 is 15.5 Å². The van der Waals surface area contributed by atoms with Crippen LogP contribution in [0, 0.1) is 5.92 Å². The van der Waals surface area contributed by atoms with E-state index in [9.17, 15) is 4.79 Å². The van der Waals surface area contributed by atoms with Crippen molar-refractivity contribution >= 4 is 18.3 Å². The molecule has 2 N–H and O–H groups in total. The van der Waals surface area contributed by atoms with Crippen molar-refractivity contribution in [1.29, 1.82) is 0 Å². The number of amides is 1. The predicted molar refractivity (Wildman–Crippen MR) is 103 cm³/mol. The second kappa shape index (κ2) is 10.7. The molecule has 2 rings (SSSR count). The fraction of sp³-hybridized carbons (Fsp3) is 0.632. The first kappa shape index (κ1) is 20.9. The van der Waals surface area contributed by atoms with Gasteiger partial charge in [-0.2, -0.15) is 0 Å². The summed E-state index contributed by atoms with van der Waals surface area (Å²) in [6, 6.07) is 7.69. The van der Waals surface area contributed by atoms with E-state index >= 15 is 0 Å². The van der Waals surface area contributed by atoms with Crippen LogP contribution >= 0.6 is 12.4 Å². The van der Waals surface area contributed by atoms with E-state index in [1.54, 1.807) is 0 Å². The van der Waals surface area contributed by atoms with E-state index in [1.165, 1.54) is 19.4 Å². The highest BCUT2D eigenvalue weighted by Gasteiger charge is 2.24. The van der Waals surface area contributed by atoms with Gasteiger partial charge in [0, 0.05) is 31.7 Å². The maximum atomic E-state index is 12.6. The smallest absolute Gasteiger partial charge is 0.253 e. The van der Waals surface area contributed by atoms with Crippen LogP contribution in [0.15, 0.2) is 24.3 Å². The molecule has 1 aliphatic heterocycles. The highest BCUT2D eigenvalue weighted by molar-refractivity contribution is 5.94. The predicted octanol–water partition coefficient (Wildman–Crippen LogP) is 3.15. The molecule has 0 unspecified atom stereocenters. The lowest BCUT2D eigenvalue weighted by atomic mass is 9.95. The van der Waals surface area contributed by atoms with E-state index in [0.29, 0.717) is 6.54 Å². The van der Waals surface area contributed by atoms with Crippen LogP contribution in [0.4, 0.5) is 0 Å². The molecule has 0 spiro atoms. The number of nitrogens with two attached hydrogens (primary N) is 1. The largest absolute Gasteiger partial charge is 0.339 e. The number of halogens is 1. The minimum absolute atomic E-state index is 0. The first-order valence-corrected chi connectivity index (χ1v) is 8.90. The summed E-state index contributed by atoms with van der Waals surface area (Å²) in [6.45, 7) is 6.85. The quantitative estimate of drug-likeness (QED) is 0.819. The zero-order valence-corrected chi connectivity index (χ0v) is 15.9. The number of carbonyl (C=O) groups is 1. The summed E-state index contributed by atoms with van der Waals surface area (Å²) in [5.41, 5.74) is 7.45. The average molecular weight is 354 g/mol. The van der Waals surface area contributed by atoms with E-state index in [0.717, 1.165) is 49.5 Å². The molecule has 136 valence electrons. The van der Waals surface area contributed by atoms with Gasteiger partial charge >= 0.3 is 0 Å². The van der Waals surface area contributed by atoms with Gasteiger partial charge in [0.2, 0.25) is 0 Å². The van der Waals surface area contributed by atoms with Crippen molar-refractivity contribution in [2.75, 3.05) is 33.2 Å². The second-order valence-electron chi connectivity index (χ2n) is 6.75. The zero-order valence-electron chi connectivity index (χ0n) is 15.0. The number of nitrogens with zero attached hydrogens (tertiary/aromatic N) is 2. The topological polar surface area (TPSA) is 49.6 Å². The molecule has 1 heterocycles. The van der Waals surface area contributed by atoms with Gasteiger partial charge in [-0.25, -0.2) is 0 Å². The van der Waals surface area contributed by atoms with E-state index < -0.39 is 0 Å². The Morgan fingerprint density at radius 2 is 1.88 bits per heavy atom. The Morgan fingerprint density at radius 1 is 1.25 bits per heavy atom. The summed E-state index contributed by atoms with van der Waals surface area (Å²) in [5, 5.41) is 0. The Morgan fingerprint density at radius 3 is 2.42 bits per heavy atom. The van der Waals surface area contributed by atoms with E-state index in [4.69, 9.17) is 5.73 Å². The van der Waals surface area contributed by atoms with Crippen LogP contribution in [0.25, 0.3) is 0 Å². The third-order valence-corrected chi connectivity index (χ3v) is 4.80. The van der Waals surface area contributed by atoms with Crippen molar-refractivity contribution in [1.82, 2.24) is 9.80 Å². The standard InChI is InChI=1S/C19H31N3O.ClH/c1-3-4-11-21(2)15-17-9-12-22(13-10-17)19(23)18-7-5-16(14-20)6-8-18;/h5-8,17H,3-4,9-15,20H2,1-2H3;1H. The number of likely N-dealkylation sites (tertiary alicyclic amines) is 1. The van der Waals surface area contributed by atoms with Crippen molar-refractivity contribution < 1.29 is 4.79 Å². The Kier molecular flexibility index (Phi) is 9.34. The number of unbranched alkanes of at least 4 members (excludes halogenated alkanes) is 1. The summed E-state index contributed by atoms with van der Waals surface area (Å²) in [6.07, 6.45) is 4.75. The first-order chi connectivity index (χ1) is 11.1. The van der Waals surface area contributed by atoms with Crippen LogP contribution in [0.3, 0.4) is 0 Å². The molecule has 0 atom stereocenters.